The van der Waals surface area contributed by atoms with Gasteiger partial charge >= 0.3 is 5.97 Å². The van der Waals surface area contributed by atoms with Gasteiger partial charge in [-0.3, -0.25) is 0 Å². The van der Waals surface area contributed by atoms with Gasteiger partial charge in [0.05, 0.1) is 6.61 Å². The molecule has 0 bridgehead atoms. The first kappa shape index (κ1) is 24.6. The lowest BCUT2D eigenvalue weighted by molar-refractivity contribution is -0.147. The average Bonchev–Trinajstić information content (AvgIpc) is 3.32. The van der Waals surface area contributed by atoms with Crippen LogP contribution in [0.3, 0.4) is 0 Å². The number of ether oxygens (including phenoxy) is 3. The summed E-state index contributed by atoms with van der Waals surface area (Å²) in [6.07, 6.45) is 0.386. The summed E-state index contributed by atoms with van der Waals surface area (Å²) < 4.78 is 18.5. The number of hydrogen-bond acceptors (Lipinski definition) is 6. The van der Waals surface area contributed by atoms with Crippen molar-refractivity contribution in [3.05, 3.63) is 108 Å². The maximum atomic E-state index is 13.0. The molecule has 7 heteroatoms. The second kappa shape index (κ2) is 12.8. The van der Waals surface area contributed by atoms with Crippen LogP contribution in [0.5, 0.6) is 11.5 Å². The Morgan fingerprint density at radius 2 is 1.50 bits per heavy atom. The molecule has 7 nitrogen and oxygen atoms in total. The minimum atomic E-state index is -0.732. The van der Waals surface area contributed by atoms with Crippen LogP contribution in [0.2, 0.25) is 0 Å². The molecule has 182 valence electrons. The highest BCUT2D eigenvalue weighted by Crippen LogP contribution is 2.20. The van der Waals surface area contributed by atoms with Gasteiger partial charge in [0.25, 0.3) is 0 Å². The van der Waals surface area contributed by atoms with E-state index in [1.165, 1.54) is 4.68 Å². The van der Waals surface area contributed by atoms with E-state index in [9.17, 15) is 4.79 Å². The first-order valence-corrected chi connectivity index (χ1v) is 11.7. The highest BCUT2D eigenvalue weighted by molar-refractivity contribution is 5.75. The van der Waals surface area contributed by atoms with Crippen molar-refractivity contribution in [2.75, 3.05) is 13.2 Å². The van der Waals surface area contributed by atoms with Crippen LogP contribution in [-0.2, 0) is 22.6 Å². The molecule has 4 rings (SSSR count). The third-order valence-corrected chi connectivity index (χ3v) is 5.27. The predicted octanol–water partition coefficient (Wildman–Crippen LogP) is 4.63. The number of aromatic nitrogens is 3. The van der Waals surface area contributed by atoms with E-state index in [1.807, 2.05) is 91.0 Å². The first-order chi connectivity index (χ1) is 17.7. The Kier molecular flexibility index (Phi) is 8.71. The molecule has 0 amide bonds. The van der Waals surface area contributed by atoms with Gasteiger partial charge in [-0.05, 0) is 42.7 Å². The largest absolute Gasteiger partial charge is 0.487 e. The van der Waals surface area contributed by atoms with Crippen molar-refractivity contribution in [3.63, 3.8) is 0 Å². The van der Waals surface area contributed by atoms with Crippen molar-refractivity contribution in [2.45, 2.75) is 26.0 Å². The molecule has 0 radical (unpaired) electrons. The summed E-state index contributed by atoms with van der Waals surface area (Å²) in [6.45, 7) is 2.35. The van der Waals surface area contributed by atoms with Gasteiger partial charge in [0, 0.05) is 6.42 Å². The molecule has 0 unspecified atom stereocenters. The number of para-hydroxylation sites is 2. The van der Waals surface area contributed by atoms with Gasteiger partial charge in [0.15, 0.2) is 6.04 Å². The molecule has 4 aromatic rings. The lowest BCUT2D eigenvalue weighted by atomic mass is 10.1. The van der Waals surface area contributed by atoms with Crippen LogP contribution < -0.4 is 9.47 Å². The number of carbonyl (C=O) groups excluding carboxylic acids is 1. The molecule has 0 aliphatic heterocycles. The Morgan fingerprint density at radius 3 is 2.14 bits per heavy atom. The molecule has 1 aromatic heterocycles. The van der Waals surface area contributed by atoms with Crippen LogP contribution in [0.4, 0.5) is 0 Å². The monoisotopic (exact) mass is 481 g/mol. The Balaban J connectivity index is 1.63. The number of rotatable bonds is 10. The molecule has 36 heavy (non-hydrogen) atoms. The van der Waals surface area contributed by atoms with E-state index in [1.54, 1.807) is 6.92 Å². The maximum Gasteiger partial charge on any atom is 0.331 e. The highest BCUT2D eigenvalue weighted by atomic mass is 16.5. The summed E-state index contributed by atoms with van der Waals surface area (Å²) in [7, 11) is 0. The Morgan fingerprint density at radius 1 is 0.889 bits per heavy atom. The summed E-state index contributed by atoms with van der Waals surface area (Å²) >= 11 is 0. The van der Waals surface area contributed by atoms with Gasteiger partial charge in [-0.2, -0.15) is 0 Å². The summed E-state index contributed by atoms with van der Waals surface area (Å²) in [5, 5.41) is 8.62. The fourth-order valence-corrected chi connectivity index (χ4v) is 3.54. The summed E-state index contributed by atoms with van der Waals surface area (Å²) in [6, 6.07) is 27.9. The van der Waals surface area contributed by atoms with E-state index in [0.29, 0.717) is 23.6 Å². The van der Waals surface area contributed by atoms with Gasteiger partial charge in [-0.25, -0.2) is 9.48 Å². The third kappa shape index (κ3) is 6.73. The smallest absolute Gasteiger partial charge is 0.331 e. The van der Waals surface area contributed by atoms with E-state index in [4.69, 9.17) is 14.2 Å². The number of nitrogens with zero attached hydrogens (tertiary/aromatic N) is 3. The quantitative estimate of drug-likeness (QED) is 0.243. The zero-order valence-electron chi connectivity index (χ0n) is 20.0. The van der Waals surface area contributed by atoms with Crippen molar-refractivity contribution in [3.8, 4) is 23.3 Å². The molecular weight excluding hydrogens is 454 g/mol. The van der Waals surface area contributed by atoms with E-state index in [0.717, 1.165) is 11.3 Å². The zero-order chi connectivity index (χ0) is 25.0. The van der Waals surface area contributed by atoms with Crippen LogP contribution in [-0.4, -0.2) is 34.2 Å². The van der Waals surface area contributed by atoms with E-state index >= 15 is 0 Å². The van der Waals surface area contributed by atoms with E-state index in [2.05, 4.69) is 22.2 Å². The Labute approximate surface area is 210 Å². The van der Waals surface area contributed by atoms with Gasteiger partial charge < -0.3 is 14.2 Å². The van der Waals surface area contributed by atoms with Gasteiger partial charge in [0.2, 0.25) is 0 Å². The minimum Gasteiger partial charge on any atom is -0.487 e. The molecule has 0 N–H and O–H groups in total. The van der Waals surface area contributed by atoms with E-state index < -0.39 is 12.0 Å². The van der Waals surface area contributed by atoms with Crippen LogP contribution >= 0.6 is 0 Å². The fraction of sp³-hybridized carbons (Fsp3) is 0.207. The first-order valence-electron chi connectivity index (χ1n) is 11.7. The molecule has 0 aliphatic rings. The Bertz CT molecular complexity index is 1300. The molecule has 0 spiro atoms. The number of carbonyl (C=O) groups is 1. The molecule has 3 aromatic carbocycles. The van der Waals surface area contributed by atoms with Crippen LogP contribution in [0, 0.1) is 11.8 Å². The van der Waals surface area contributed by atoms with Crippen molar-refractivity contribution < 1.29 is 19.0 Å². The van der Waals surface area contributed by atoms with E-state index in [-0.39, 0.29) is 19.8 Å². The zero-order valence-corrected chi connectivity index (χ0v) is 20.0. The summed E-state index contributed by atoms with van der Waals surface area (Å²) in [5.74, 6) is 7.15. The van der Waals surface area contributed by atoms with Gasteiger partial charge in [-0.15, -0.1) is 5.10 Å². The minimum absolute atomic E-state index is 0.147. The molecule has 0 saturated heterocycles. The predicted molar refractivity (Wildman–Crippen MR) is 135 cm³/mol. The molecule has 0 saturated carbocycles. The molecule has 0 aliphatic carbocycles. The van der Waals surface area contributed by atoms with Crippen molar-refractivity contribution >= 4 is 5.97 Å². The summed E-state index contributed by atoms with van der Waals surface area (Å²) in [5.41, 5.74) is 1.98. The third-order valence-electron chi connectivity index (χ3n) is 5.27. The number of hydrogen-bond donors (Lipinski definition) is 0. The average molecular weight is 482 g/mol. The molecule has 1 heterocycles. The number of benzene rings is 3. The molecule has 1 atom stereocenters. The second-order valence-corrected chi connectivity index (χ2v) is 7.79. The lowest BCUT2D eigenvalue weighted by Crippen LogP contribution is -2.26. The van der Waals surface area contributed by atoms with Crippen LogP contribution in [0.1, 0.15) is 29.9 Å². The second-order valence-electron chi connectivity index (χ2n) is 7.79. The van der Waals surface area contributed by atoms with Gasteiger partial charge in [-0.1, -0.05) is 77.9 Å². The van der Waals surface area contributed by atoms with Crippen molar-refractivity contribution in [2.24, 2.45) is 0 Å². The van der Waals surface area contributed by atoms with Crippen molar-refractivity contribution in [1.29, 1.82) is 0 Å². The molecular formula is C29H27N3O4. The SMILES string of the molecule is CCOC(=O)[C@H](Cc1ccccc1)n1nnc(COc2ccccc2)c1C#CCOc1ccccc1. The maximum absolute atomic E-state index is 13.0. The fourth-order valence-electron chi connectivity index (χ4n) is 3.54. The lowest BCUT2D eigenvalue weighted by Gasteiger charge is -2.17. The van der Waals surface area contributed by atoms with Crippen LogP contribution in [0.15, 0.2) is 91.0 Å². The van der Waals surface area contributed by atoms with Gasteiger partial charge in [0.1, 0.15) is 36.1 Å². The van der Waals surface area contributed by atoms with Crippen LogP contribution in [0.25, 0.3) is 0 Å². The standard InChI is InChI=1S/C29H27N3O4/c1-2-34-29(33)28(21-23-13-6-3-7-14-23)32-27(19-12-20-35-24-15-8-4-9-16-24)26(30-31-32)22-36-25-17-10-5-11-18-25/h3-11,13-18,28H,2,20-22H2,1H3/t28-/m0/s1. The highest BCUT2D eigenvalue weighted by Gasteiger charge is 2.27. The Hall–Kier alpha value is -4.57. The molecule has 0 fully saturated rings. The topological polar surface area (TPSA) is 75.5 Å². The normalized spacial score (nSPS) is 11.1. The van der Waals surface area contributed by atoms with Crippen molar-refractivity contribution in [1.82, 2.24) is 15.0 Å². The summed E-state index contributed by atoms with van der Waals surface area (Å²) in [4.78, 5) is 13.0. The number of esters is 1.